The van der Waals surface area contributed by atoms with Crippen molar-refractivity contribution >= 4 is 11.9 Å². The van der Waals surface area contributed by atoms with Gasteiger partial charge in [-0.2, -0.15) is 9.97 Å². The Morgan fingerprint density at radius 2 is 1.77 bits per heavy atom. The summed E-state index contributed by atoms with van der Waals surface area (Å²) in [6.45, 7) is 0. The number of hydrogen-bond donors (Lipinski definition) is 2. The van der Waals surface area contributed by atoms with Gasteiger partial charge >= 0.3 is 5.97 Å². The molecule has 0 saturated heterocycles. The second kappa shape index (κ2) is 7.26. The zero-order valence-electron chi connectivity index (χ0n) is 12.3. The highest BCUT2D eigenvalue weighted by atomic mass is 16.5. The molecule has 0 aliphatic rings. The highest BCUT2D eigenvalue weighted by Crippen LogP contribution is 2.18. The summed E-state index contributed by atoms with van der Waals surface area (Å²) in [7, 11) is 2.93. The van der Waals surface area contributed by atoms with Crippen molar-refractivity contribution in [1.82, 2.24) is 9.97 Å². The predicted octanol–water partition coefficient (Wildman–Crippen LogP) is 1.60. The third-order valence-corrected chi connectivity index (χ3v) is 2.98. The lowest BCUT2D eigenvalue weighted by atomic mass is 10.1. The van der Waals surface area contributed by atoms with Gasteiger partial charge in [-0.05, 0) is 5.56 Å². The van der Waals surface area contributed by atoms with Crippen LogP contribution in [0.1, 0.15) is 5.56 Å². The second-order valence-corrected chi connectivity index (χ2v) is 4.50. The van der Waals surface area contributed by atoms with Crippen LogP contribution >= 0.6 is 0 Å². The van der Waals surface area contributed by atoms with Gasteiger partial charge in [0.25, 0.3) is 0 Å². The predicted molar refractivity (Wildman–Crippen MR) is 80.3 cm³/mol. The Balaban J connectivity index is 2.19. The molecule has 0 aliphatic carbocycles. The van der Waals surface area contributed by atoms with Gasteiger partial charge in [0.05, 0.1) is 20.3 Å². The normalized spacial score (nSPS) is 11.5. The number of rotatable bonds is 7. The molecule has 0 fully saturated rings. The first-order valence-corrected chi connectivity index (χ1v) is 6.62. The summed E-state index contributed by atoms with van der Waals surface area (Å²) >= 11 is 0. The zero-order valence-corrected chi connectivity index (χ0v) is 12.3. The van der Waals surface area contributed by atoms with E-state index in [4.69, 9.17) is 9.47 Å². The maximum atomic E-state index is 11.4. The van der Waals surface area contributed by atoms with E-state index in [0.717, 1.165) is 5.56 Å². The van der Waals surface area contributed by atoms with Crippen LogP contribution < -0.4 is 14.8 Å². The Bertz CT molecular complexity index is 612. The van der Waals surface area contributed by atoms with Crippen LogP contribution in [-0.2, 0) is 11.2 Å². The van der Waals surface area contributed by atoms with Crippen LogP contribution in [0.4, 0.5) is 5.95 Å². The molecule has 0 saturated carbocycles. The van der Waals surface area contributed by atoms with E-state index in [1.807, 2.05) is 30.3 Å². The maximum absolute atomic E-state index is 11.4. The van der Waals surface area contributed by atoms with Gasteiger partial charge in [-0.15, -0.1) is 0 Å². The number of methoxy groups -OCH3 is 2. The first-order chi connectivity index (χ1) is 10.6. The zero-order chi connectivity index (χ0) is 15.9. The van der Waals surface area contributed by atoms with E-state index in [2.05, 4.69) is 15.3 Å². The van der Waals surface area contributed by atoms with Crippen LogP contribution in [0.2, 0.25) is 0 Å². The summed E-state index contributed by atoms with van der Waals surface area (Å²) in [5.74, 6) is -0.273. The first-order valence-electron chi connectivity index (χ1n) is 6.62. The largest absolute Gasteiger partial charge is 0.481 e. The Morgan fingerprint density at radius 3 is 2.27 bits per heavy atom. The van der Waals surface area contributed by atoms with E-state index >= 15 is 0 Å². The number of aromatic nitrogens is 2. The van der Waals surface area contributed by atoms with Crippen molar-refractivity contribution in [2.45, 2.75) is 12.5 Å². The minimum atomic E-state index is -0.991. The van der Waals surface area contributed by atoms with Crippen molar-refractivity contribution in [3.8, 4) is 11.8 Å². The van der Waals surface area contributed by atoms with Crippen molar-refractivity contribution in [2.75, 3.05) is 19.5 Å². The Labute approximate surface area is 127 Å². The van der Waals surface area contributed by atoms with Gasteiger partial charge in [-0.3, -0.25) is 0 Å². The molecule has 1 aromatic heterocycles. The molecule has 0 aliphatic heterocycles. The van der Waals surface area contributed by atoms with Gasteiger partial charge in [0.1, 0.15) is 6.04 Å². The molecule has 22 heavy (non-hydrogen) atoms. The maximum Gasteiger partial charge on any atom is 0.326 e. The Morgan fingerprint density at radius 1 is 1.18 bits per heavy atom. The molecule has 2 rings (SSSR count). The molecule has 1 atom stereocenters. The molecule has 0 radical (unpaired) electrons. The number of carbonyl (C=O) groups is 1. The van der Waals surface area contributed by atoms with E-state index < -0.39 is 12.0 Å². The summed E-state index contributed by atoms with van der Waals surface area (Å²) in [6, 6.07) is 9.98. The molecule has 7 nitrogen and oxygen atoms in total. The van der Waals surface area contributed by atoms with Gasteiger partial charge in [0.2, 0.25) is 17.7 Å². The number of hydrogen-bond acceptors (Lipinski definition) is 6. The highest BCUT2D eigenvalue weighted by molar-refractivity contribution is 5.77. The molecule has 116 valence electrons. The van der Waals surface area contributed by atoms with Crippen LogP contribution in [-0.4, -0.2) is 41.3 Å². The third kappa shape index (κ3) is 4.08. The average Bonchev–Trinajstić information content (AvgIpc) is 2.54. The van der Waals surface area contributed by atoms with Gasteiger partial charge in [-0.1, -0.05) is 30.3 Å². The SMILES string of the molecule is COc1cc(OC)nc(N[C@H](Cc2ccccc2)C(=O)O)n1. The van der Waals surface area contributed by atoms with Crippen LogP contribution in [0.5, 0.6) is 11.8 Å². The molecular weight excluding hydrogens is 286 g/mol. The van der Waals surface area contributed by atoms with Crippen molar-refractivity contribution < 1.29 is 19.4 Å². The number of carboxylic acids is 1. The van der Waals surface area contributed by atoms with Gasteiger partial charge in [0, 0.05) is 6.42 Å². The number of aliphatic carboxylic acids is 1. The third-order valence-electron chi connectivity index (χ3n) is 2.98. The first kappa shape index (κ1) is 15.6. The number of nitrogens with one attached hydrogen (secondary N) is 1. The van der Waals surface area contributed by atoms with E-state index in [1.165, 1.54) is 20.3 Å². The summed E-state index contributed by atoms with van der Waals surface area (Å²) in [6.07, 6.45) is 0.305. The number of carboxylic acid groups (broad SMARTS) is 1. The smallest absolute Gasteiger partial charge is 0.326 e. The fourth-order valence-corrected chi connectivity index (χ4v) is 1.88. The Hall–Kier alpha value is -2.83. The quantitative estimate of drug-likeness (QED) is 0.802. The Kier molecular flexibility index (Phi) is 5.13. The van der Waals surface area contributed by atoms with Crippen LogP contribution in [0, 0.1) is 0 Å². The molecule has 0 unspecified atom stereocenters. The summed E-state index contributed by atoms with van der Waals surface area (Å²) < 4.78 is 10.1. The molecule has 2 N–H and O–H groups in total. The van der Waals surface area contributed by atoms with Crippen LogP contribution in [0.15, 0.2) is 36.4 Å². The molecule has 0 amide bonds. The van der Waals surface area contributed by atoms with Crippen molar-refractivity contribution in [3.63, 3.8) is 0 Å². The van der Waals surface area contributed by atoms with Crippen molar-refractivity contribution in [3.05, 3.63) is 42.0 Å². The number of benzene rings is 1. The molecule has 1 aromatic carbocycles. The lowest BCUT2D eigenvalue weighted by molar-refractivity contribution is -0.137. The van der Waals surface area contributed by atoms with Gasteiger partial charge in [0.15, 0.2) is 0 Å². The fraction of sp³-hybridized carbons (Fsp3) is 0.267. The molecule has 0 bridgehead atoms. The van der Waals surface area contributed by atoms with Crippen molar-refractivity contribution in [2.24, 2.45) is 0 Å². The van der Waals surface area contributed by atoms with Crippen LogP contribution in [0.3, 0.4) is 0 Å². The molecule has 7 heteroatoms. The second-order valence-electron chi connectivity index (χ2n) is 4.50. The fourth-order valence-electron chi connectivity index (χ4n) is 1.88. The van der Waals surface area contributed by atoms with Gasteiger partial charge in [-0.25, -0.2) is 4.79 Å². The highest BCUT2D eigenvalue weighted by Gasteiger charge is 2.19. The van der Waals surface area contributed by atoms with E-state index in [-0.39, 0.29) is 17.7 Å². The number of anilines is 1. The molecular formula is C15H17N3O4. The summed E-state index contributed by atoms with van der Waals surface area (Å²) in [5.41, 5.74) is 0.900. The lowest BCUT2D eigenvalue weighted by Gasteiger charge is -2.15. The number of ether oxygens (including phenoxy) is 2. The summed E-state index contributed by atoms with van der Waals surface area (Å²) in [5, 5.41) is 12.2. The van der Waals surface area contributed by atoms with Crippen LogP contribution in [0.25, 0.3) is 0 Å². The standard InChI is InChI=1S/C15H17N3O4/c1-21-12-9-13(22-2)18-15(17-12)16-11(14(19)20)8-10-6-4-3-5-7-10/h3-7,9,11H,8H2,1-2H3,(H,19,20)(H,16,17,18)/t11-/m1/s1. The minimum absolute atomic E-state index is 0.138. The molecule has 1 heterocycles. The van der Waals surface area contributed by atoms with E-state index in [0.29, 0.717) is 6.42 Å². The minimum Gasteiger partial charge on any atom is -0.481 e. The topological polar surface area (TPSA) is 93.6 Å². The monoisotopic (exact) mass is 303 g/mol. The number of nitrogens with zero attached hydrogens (tertiary/aromatic N) is 2. The molecule has 0 spiro atoms. The van der Waals surface area contributed by atoms with Crippen molar-refractivity contribution in [1.29, 1.82) is 0 Å². The summed E-state index contributed by atoms with van der Waals surface area (Å²) in [4.78, 5) is 19.6. The van der Waals surface area contributed by atoms with E-state index in [1.54, 1.807) is 0 Å². The van der Waals surface area contributed by atoms with Gasteiger partial charge < -0.3 is 19.9 Å². The average molecular weight is 303 g/mol. The lowest BCUT2D eigenvalue weighted by Crippen LogP contribution is -2.32. The van der Waals surface area contributed by atoms with E-state index in [9.17, 15) is 9.90 Å². The molecule has 2 aromatic rings.